The highest BCUT2D eigenvalue weighted by molar-refractivity contribution is 6.19. The van der Waals surface area contributed by atoms with E-state index >= 15 is 0 Å². The molecule has 0 radical (unpaired) electrons. The van der Waals surface area contributed by atoms with Crippen LogP contribution in [0.1, 0.15) is 43.6 Å². The van der Waals surface area contributed by atoms with Gasteiger partial charge in [0.1, 0.15) is 35.2 Å². The second-order valence-corrected chi connectivity index (χ2v) is 9.16. The minimum absolute atomic E-state index is 0.0532. The molecule has 1 aromatic heterocycles. The van der Waals surface area contributed by atoms with Crippen LogP contribution in [0.25, 0.3) is 22.3 Å². The number of nitrogens with zero attached hydrogens (tertiary/aromatic N) is 1. The first-order chi connectivity index (χ1) is 16.7. The maximum absolute atomic E-state index is 13.6. The number of rotatable bonds is 9. The standard InChI is InChI=1S/C29H31NO5/c1-18(2)30(19(3)4)15-16-34-24-12-7-20(8-13-24)28(33)27-25-14-11-23(32)17-26(25)35-29(27)21-5-9-22(31)10-6-21/h5-14,17-19,31-32H,15-16H2,1-4H3. The van der Waals surface area contributed by atoms with E-state index in [1.54, 1.807) is 54.6 Å². The summed E-state index contributed by atoms with van der Waals surface area (Å²) in [6, 6.07) is 19.2. The van der Waals surface area contributed by atoms with Gasteiger partial charge in [0.25, 0.3) is 0 Å². The van der Waals surface area contributed by atoms with Crippen LogP contribution in [0.3, 0.4) is 0 Å². The lowest BCUT2D eigenvalue weighted by atomic mass is 9.97. The number of ether oxygens (including phenoxy) is 1. The van der Waals surface area contributed by atoms with Gasteiger partial charge in [-0.2, -0.15) is 0 Å². The van der Waals surface area contributed by atoms with Crippen LogP contribution in [0, 0.1) is 0 Å². The lowest BCUT2D eigenvalue weighted by Gasteiger charge is -2.30. The van der Waals surface area contributed by atoms with Crippen LogP contribution < -0.4 is 4.74 Å². The highest BCUT2D eigenvalue weighted by Crippen LogP contribution is 2.37. The van der Waals surface area contributed by atoms with E-state index in [-0.39, 0.29) is 17.3 Å². The van der Waals surface area contributed by atoms with Gasteiger partial charge in [0.05, 0.1) is 5.56 Å². The molecule has 0 spiro atoms. The van der Waals surface area contributed by atoms with E-state index in [0.717, 1.165) is 6.54 Å². The molecule has 0 unspecified atom stereocenters. The molecule has 2 N–H and O–H groups in total. The summed E-state index contributed by atoms with van der Waals surface area (Å²) in [7, 11) is 0. The molecule has 0 atom stereocenters. The first-order valence-electron chi connectivity index (χ1n) is 11.8. The lowest BCUT2D eigenvalue weighted by molar-refractivity contribution is 0.104. The third-order valence-corrected chi connectivity index (χ3v) is 6.09. The Kier molecular flexibility index (Phi) is 7.12. The van der Waals surface area contributed by atoms with E-state index in [1.165, 1.54) is 12.1 Å². The predicted molar refractivity (Wildman–Crippen MR) is 137 cm³/mol. The Morgan fingerprint density at radius 1 is 0.886 bits per heavy atom. The summed E-state index contributed by atoms with van der Waals surface area (Å²) < 4.78 is 11.9. The number of carbonyl (C=O) groups is 1. The van der Waals surface area contributed by atoms with Gasteiger partial charge in [0, 0.05) is 41.2 Å². The van der Waals surface area contributed by atoms with Crippen molar-refractivity contribution in [3.8, 4) is 28.6 Å². The van der Waals surface area contributed by atoms with Crippen LogP contribution >= 0.6 is 0 Å². The molecule has 1 heterocycles. The molecular weight excluding hydrogens is 442 g/mol. The van der Waals surface area contributed by atoms with Crippen LogP contribution in [0.15, 0.2) is 71.1 Å². The topological polar surface area (TPSA) is 83.1 Å². The minimum atomic E-state index is -0.199. The van der Waals surface area contributed by atoms with Crippen molar-refractivity contribution < 1.29 is 24.2 Å². The number of hydrogen-bond donors (Lipinski definition) is 2. The Bertz CT molecular complexity index is 1300. The van der Waals surface area contributed by atoms with Crippen molar-refractivity contribution in [2.24, 2.45) is 0 Å². The average Bonchev–Trinajstić information content (AvgIpc) is 3.20. The van der Waals surface area contributed by atoms with Gasteiger partial charge < -0.3 is 19.4 Å². The van der Waals surface area contributed by atoms with Gasteiger partial charge in [-0.3, -0.25) is 9.69 Å². The summed E-state index contributed by atoms with van der Waals surface area (Å²) >= 11 is 0. The van der Waals surface area contributed by atoms with Crippen LogP contribution in [0.4, 0.5) is 0 Å². The molecule has 0 saturated carbocycles. The average molecular weight is 474 g/mol. The Labute approximate surface area is 205 Å². The maximum atomic E-state index is 13.6. The molecule has 4 aromatic rings. The van der Waals surface area contributed by atoms with Crippen molar-refractivity contribution in [2.75, 3.05) is 13.2 Å². The number of ketones is 1. The fourth-order valence-electron chi connectivity index (χ4n) is 4.36. The Morgan fingerprint density at radius 2 is 1.51 bits per heavy atom. The van der Waals surface area contributed by atoms with E-state index < -0.39 is 0 Å². The molecule has 6 nitrogen and oxygen atoms in total. The van der Waals surface area contributed by atoms with Crippen molar-refractivity contribution in [3.63, 3.8) is 0 Å². The summed E-state index contributed by atoms with van der Waals surface area (Å²) in [5, 5.41) is 20.2. The number of fused-ring (bicyclic) bond motifs is 1. The van der Waals surface area contributed by atoms with Crippen LogP contribution in [-0.4, -0.2) is 46.1 Å². The van der Waals surface area contributed by atoms with E-state index in [9.17, 15) is 15.0 Å². The summed E-state index contributed by atoms with van der Waals surface area (Å²) in [5.74, 6) is 1.07. The van der Waals surface area contributed by atoms with Crippen LogP contribution in [0.5, 0.6) is 17.2 Å². The Morgan fingerprint density at radius 3 is 2.14 bits per heavy atom. The molecule has 0 aliphatic carbocycles. The first kappa shape index (κ1) is 24.4. The molecule has 4 rings (SSSR count). The largest absolute Gasteiger partial charge is 0.508 e. The Hall–Kier alpha value is -3.77. The normalized spacial score (nSPS) is 11.6. The number of furan rings is 1. The second-order valence-electron chi connectivity index (χ2n) is 9.16. The molecule has 0 fully saturated rings. The number of hydrogen-bond acceptors (Lipinski definition) is 6. The molecule has 35 heavy (non-hydrogen) atoms. The van der Waals surface area contributed by atoms with Gasteiger partial charge in [-0.1, -0.05) is 0 Å². The van der Waals surface area contributed by atoms with Crippen molar-refractivity contribution in [1.82, 2.24) is 4.90 Å². The number of phenolic OH excluding ortho intramolecular Hbond substituents is 2. The van der Waals surface area contributed by atoms with Crippen molar-refractivity contribution in [3.05, 3.63) is 77.9 Å². The molecule has 0 aliphatic rings. The monoisotopic (exact) mass is 473 g/mol. The van der Waals surface area contributed by atoms with Gasteiger partial charge in [-0.05, 0) is 88.4 Å². The summed E-state index contributed by atoms with van der Waals surface area (Å²) in [6.45, 7) is 10.1. The lowest BCUT2D eigenvalue weighted by Crippen LogP contribution is -2.39. The number of phenols is 2. The first-order valence-corrected chi connectivity index (χ1v) is 11.8. The van der Waals surface area contributed by atoms with Gasteiger partial charge in [-0.15, -0.1) is 0 Å². The number of benzene rings is 3. The molecule has 182 valence electrons. The van der Waals surface area contributed by atoms with E-state index in [4.69, 9.17) is 9.15 Å². The number of aromatic hydroxyl groups is 2. The number of carbonyl (C=O) groups excluding carboxylic acids is 1. The highest BCUT2D eigenvalue weighted by Gasteiger charge is 2.24. The predicted octanol–water partition coefficient (Wildman–Crippen LogP) is 6.24. The van der Waals surface area contributed by atoms with Gasteiger partial charge >= 0.3 is 0 Å². The summed E-state index contributed by atoms with van der Waals surface area (Å²) in [4.78, 5) is 16.0. The molecule has 6 heteroatoms. The van der Waals surface area contributed by atoms with E-state index in [0.29, 0.717) is 57.9 Å². The van der Waals surface area contributed by atoms with Crippen molar-refractivity contribution in [1.29, 1.82) is 0 Å². The van der Waals surface area contributed by atoms with Gasteiger partial charge in [0.15, 0.2) is 5.78 Å². The quantitative estimate of drug-likeness (QED) is 0.280. The zero-order valence-electron chi connectivity index (χ0n) is 20.5. The highest BCUT2D eigenvalue weighted by atomic mass is 16.5. The summed E-state index contributed by atoms with van der Waals surface area (Å²) in [6.07, 6.45) is 0. The third kappa shape index (κ3) is 5.33. The summed E-state index contributed by atoms with van der Waals surface area (Å²) in [5.41, 5.74) is 1.97. The minimum Gasteiger partial charge on any atom is -0.508 e. The molecule has 3 aromatic carbocycles. The third-order valence-electron chi connectivity index (χ3n) is 6.09. The molecular formula is C29H31NO5. The second kappa shape index (κ2) is 10.2. The molecule has 0 bridgehead atoms. The molecule has 0 saturated heterocycles. The maximum Gasteiger partial charge on any atom is 0.197 e. The zero-order chi connectivity index (χ0) is 25.1. The Balaban J connectivity index is 1.59. The fourth-order valence-corrected chi connectivity index (χ4v) is 4.36. The van der Waals surface area contributed by atoms with Crippen molar-refractivity contribution >= 4 is 16.8 Å². The molecule has 0 aliphatic heterocycles. The zero-order valence-corrected chi connectivity index (χ0v) is 20.5. The van der Waals surface area contributed by atoms with E-state index in [2.05, 4.69) is 32.6 Å². The van der Waals surface area contributed by atoms with Gasteiger partial charge in [-0.25, -0.2) is 0 Å². The van der Waals surface area contributed by atoms with Crippen LogP contribution in [-0.2, 0) is 0 Å². The van der Waals surface area contributed by atoms with Gasteiger partial charge in [0.2, 0.25) is 0 Å². The fraction of sp³-hybridized carbons (Fsp3) is 0.276. The van der Waals surface area contributed by atoms with Crippen LogP contribution in [0.2, 0.25) is 0 Å². The van der Waals surface area contributed by atoms with Crippen molar-refractivity contribution in [2.45, 2.75) is 39.8 Å². The smallest absolute Gasteiger partial charge is 0.197 e. The van der Waals surface area contributed by atoms with E-state index in [1.807, 2.05) is 0 Å². The SMILES string of the molecule is CC(C)N(CCOc1ccc(C(=O)c2c(-c3ccc(O)cc3)oc3cc(O)ccc23)cc1)C(C)C. The molecule has 0 amide bonds.